The number of methoxy groups -OCH3 is 1. The van der Waals surface area contributed by atoms with Crippen molar-refractivity contribution in [2.24, 2.45) is 5.73 Å². The predicted octanol–water partition coefficient (Wildman–Crippen LogP) is 1.31. The molecule has 0 aromatic carbocycles. The van der Waals surface area contributed by atoms with E-state index in [0.29, 0.717) is 22.2 Å². The van der Waals surface area contributed by atoms with Gasteiger partial charge in [-0.3, -0.25) is 20.2 Å². The third kappa shape index (κ3) is 6.16. The molecule has 2 aliphatic heterocycles. The molecule has 0 bridgehead atoms. The predicted molar refractivity (Wildman–Crippen MR) is 129 cm³/mol. The molecule has 1 aromatic rings. The number of nitrogens with two attached hydrogens (primary N) is 1. The maximum absolute atomic E-state index is 13.1. The van der Waals surface area contributed by atoms with Gasteiger partial charge in [0.25, 0.3) is 5.91 Å². The molecule has 35 heavy (non-hydrogen) atoms. The summed E-state index contributed by atoms with van der Waals surface area (Å²) in [5.41, 5.74) is 4.18. The fourth-order valence-corrected chi connectivity index (χ4v) is 5.85. The van der Waals surface area contributed by atoms with Gasteiger partial charge in [-0.05, 0) is 57.5 Å². The second-order valence-electron chi connectivity index (χ2n) is 10.1. The first-order valence-electron chi connectivity index (χ1n) is 11.0. The van der Waals surface area contributed by atoms with E-state index in [0.717, 1.165) is 0 Å². The van der Waals surface area contributed by atoms with Gasteiger partial charge >= 0.3 is 11.9 Å². The number of aryl methyl sites for hydroxylation is 1. The third-order valence-electron chi connectivity index (χ3n) is 4.90. The van der Waals surface area contributed by atoms with Gasteiger partial charge in [0, 0.05) is 18.6 Å². The zero-order chi connectivity index (χ0) is 26.2. The molecule has 1 aromatic heterocycles. The van der Waals surface area contributed by atoms with Crippen LogP contribution in [0.2, 0.25) is 0 Å². The zero-order valence-corrected chi connectivity index (χ0v) is 22.6. The van der Waals surface area contributed by atoms with E-state index in [1.165, 1.54) is 40.2 Å². The molecular weight excluding hydrogens is 496 g/mol. The number of aromatic nitrogens is 4. The highest BCUT2D eigenvalue weighted by Crippen LogP contribution is 2.46. The van der Waals surface area contributed by atoms with Crippen LogP contribution >= 0.6 is 23.5 Å². The standard InChI is InChI=1S/C21H32N6O6S2/c1-19(2,3)32-13(28)8-9-26-18(23-24-25-26)35-11-12-10-34-17-21(22,31-7)16(30)27(17)14(12)15(29)33-20(4,5)6/h17H,8-11,22H2,1-7H3/t17-,21+/m1/s1. The van der Waals surface area contributed by atoms with Crippen LogP contribution in [-0.4, -0.2) is 83.9 Å². The van der Waals surface area contributed by atoms with Crippen LogP contribution in [-0.2, 0) is 35.1 Å². The van der Waals surface area contributed by atoms with Gasteiger partial charge in [-0.1, -0.05) is 11.8 Å². The molecule has 1 fully saturated rings. The van der Waals surface area contributed by atoms with Crippen molar-refractivity contribution >= 4 is 41.4 Å². The summed E-state index contributed by atoms with van der Waals surface area (Å²) in [5, 5.41) is 11.6. The molecule has 2 N–H and O–H groups in total. The number of rotatable bonds is 8. The summed E-state index contributed by atoms with van der Waals surface area (Å²) in [6.45, 7) is 10.9. The van der Waals surface area contributed by atoms with E-state index in [1.807, 2.05) is 0 Å². The molecule has 12 nitrogen and oxygen atoms in total. The monoisotopic (exact) mass is 528 g/mol. The van der Waals surface area contributed by atoms with Crippen LogP contribution < -0.4 is 5.73 Å². The Morgan fingerprint density at radius 1 is 1.20 bits per heavy atom. The van der Waals surface area contributed by atoms with E-state index in [2.05, 4.69) is 15.5 Å². The molecule has 2 atom stereocenters. The number of fused-ring (bicyclic) bond motifs is 1. The van der Waals surface area contributed by atoms with Gasteiger partial charge in [-0.25, -0.2) is 9.48 Å². The minimum Gasteiger partial charge on any atom is -0.460 e. The fraction of sp³-hybridized carbons (Fsp3) is 0.714. The number of carbonyl (C=O) groups is 3. The number of ether oxygens (including phenoxy) is 3. The SMILES string of the molecule is CO[C@@]1(N)C(=O)N2C(C(=O)OC(C)(C)C)=C(CSc3nnnn3CCC(=O)OC(C)(C)C)CS[C@@H]21. The lowest BCUT2D eigenvalue weighted by molar-refractivity contribution is -0.184. The first kappa shape index (κ1) is 27.4. The minimum absolute atomic E-state index is 0.108. The molecular formula is C21H32N6O6S2. The van der Waals surface area contributed by atoms with Crippen LogP contribution in [0, 0.1) is 0 Å². The van der Waals surface area contributed by atoms with Crippen molar-refractivity contribution < 1.29 is 28.6 Å². The number of hydrogen-bond acceptors (Lipinski definition) is 12. The van der Waals surface area contributed by atoms with Crippen LogP contribution in [0.5, 0.6) is 0 Å². The fourth-order valence-electron chi connectivity index (χ4n) is 3.41. The second-order valence-corrected chi connectivity index (χ2v) is 12.1. The van der Waals surface area contributed by atoms with Gasteiger partial charge in [0.05, 0.1) is 13.0 Å². The third-order valence-corrected chi connectivity index (χ3v) is 7.33. The van der Waals surface area contributed by atoms with Crippen LogP contribution in [0.3, 0.4) is 0 Å². The zero-order valence-electron chi connectivity index (χ0n) is 21.0. The van der Waals surface area contributed by atoms with Gasteiger partial charge in [-0.15, -0.1) is 16.9 Å². The normalized spacial score (nSPS) is 22.6. The Kier molecular flexibility index (Phi) is 7.89. The summed E-state index contributed by atoms with van der Waals surface area (Å²) in [7, 11) is 1.37. The Balaban J connectivity index is 1.77. The smallest absolute Gasteiger partial charge is 0.355 e. The van der Waals surface area contributed by atoms with Crippen LogP contribution in [0.1, 0.15) is 48.0 Å². The van der Waals surface area contributed by atoms with E-state index in [1.54, 1.807) is 41.5 Å². The Labute approximate surface area is 212 Å². The molecule has 0 spiro atoms. The molecule has 1 amide bonds. The van der Waals surface area contributed by atoms with Gasteiger partial charge in [0.15, 0.2) is 0 Å². The lowest BCUT2D eigenvalue weighted by Crippen LogP contribution is -2.78. The number of esters is 2. The van der Waals surface area contributed by atoms with Crippen molar-refractivity contribution in [3.8, 4) is 0 Å². The quantitative estimate of drug-likeness (QED) is 0.224. The minimum atomic E-state index is -1.48. The first-order chi connectivity index (χ1) is 16.2. The number of β-lactam (4-membered cyclic amide) rings is 1. The molecule has 0 saturated carbocycles. The summed E-state index contributed by atoms with van der Waals surface area (Å²) in [6.07, 6.45) is 0.108. The largest absolute Gasteiger partial charge is 0.460 e. The van der Waals surface area contributed by atoms with Crippen molar-refractivity contribution in [2.45, 2.75) is 82.0 Å². The Morgan fingerprint density at radius 3 is 2.46 bits per heavy atom. The summed E-state index contributed by atoms with van der Waals surface area (Å²) < 4.78 is 17.7. The highest BCUT2D eigenvalue weighted by atomic mass is 32.2. The lowest BCUT2D eigenvalue weighted by atomic mass is 9.99. The molecule has 0 aliphatic carbocycles. The molecule has 14 heteroatoms. The number of nitrogens with zero attached hydrogens (tertiary/aromatic N) is 5. The van der Waals surface area contributed by atoms with E-state index in [4.69, 9.17) is 19.9 Å². The molecule has 2 aliphatic rings. The summed E-state index contributed by atoms with van der Waals surface area (Å²) in [5.74, 6) is -0.682. The first-order valence-corrected chi connectivity index (χ1v) is 13.0. The average Bonchev–Trinajstić information content (AvgIpc) is 3.19. The highest BCUT2D eigenvalue weighted by molar-refractivity contribution is 8.01. The number of tetrazole rings is 1. The van der Waals surface area contributed by atoms with Gasteiger partial charge in [-0.2, -0.15) is 0 Å². The second kappa shape index (κ2) is 10.1. The number of amides is 1. The van der Waals surface area contributed by atoms with Crippen molar-refractivity contribution in [1.29, 1.82) is 0 Å². The van der Waals surface area contributed by atoms with E-state index < -0.39 is 34.2 Å². The number of thioether (sulfide) groups is 2. The maximum Gasteiger partial charge on any atom is 0.355 e. The van der Waals surface area contributed by atoms with Gasteiger partial charge in [0.1, 0.15) is 22.3 Å². The van der Waals surface area contributed by atoms with Crippen LogP contribution in [0.4, 0.5) is 0 Å². The van der Waals surface area contributed by atoms with Crippen molar-refractivity contribution in [3.63, 3.8) is 0 Å². The Bertz CT molecular complexity index is 1030. The molecule has 194 valence electrons. The van der Waals surface area contributed by atoms with E-state index in [-0.39, 0.29) is 24.6 Å². The van der Waals surface area contributed by atoms with Crippen molar-refractivity contribution in [1.82, 2.24) is 25.1 Å². The summed E-state index contributed by atoms with van der Waals surface area (Å²) in [6, 6.07) is 0. The van der Waals surface area contributed by atoms with Crippen LogP contribution in [0.25, 0.3) is 0 Å². The van der Waals surface area contributed by atoms with Crippen molar-refractivity contribution in [2.75, 3.05) is 18.6 Å². The number of carbonyl (C=O) groups excluding carboxylic acids is 3. The molecule has 3 rings (SSSR count). The maximum atomic E-state index is 13.1. The number of hydrogen-bond donors (Lipinski definition) is 1. The van der Waals surface area contributed by atoms with Gasteiger partial charge < -0.3 is 14.2 Å². The molecule has 0 unspecified atom stereocenters. The highest BCUT2D eigenvalue weighted by Gasteiger charge is 2.63. The summed E-state index contributed by atoms with van der Waals surface area (Å²) in [4.78, 5) is 39.4. The van der Waals surface area contributed by atoms with Crippen LogP contribution in [0.15, 0.2) is 16.4 Å². The van der Waals surface area contributed by atoms with Crippen molar-refractivity contribution in [3.05, 3.63) is 11.3 Å². The Hall–Kier alpha value is -2.16. The molecule has 0 radical (unpaired) electrons. The summed E-state index contributed by atoms with van der Waals surface area (Å²) >= 11 is 2.71. The topological polar surface area (TPSA) is 152 Å². The van der Waals surface area contributed by atoms with E-state index in [9.17, 15) is 14.4 Å². The Morgan fingerprint density at radius 2 is 1.86 bits per heavy atom. The molecule has 3 heterocycles. The average molecular weight is 529 g/mol. The van der Waals surface area contributed by atoms with Gasteiger partial charge in [0.2, 0.25) is 10.9 Å². The molecule has 1 saturated heterocycles. The van der Waals surface area contributed by atoms with E-state index >= 15 is 0 Å². The lowest BCUT2D eigenvalue weighted by Gasteiger charge is -2.54.